The molecule has 3 N–H and O–H groups in total. The zero-order valence-electron chi connectivity index (χ0n) is 7.07. The van der Waals surface area contributed by atoms with Crippen molar-refractivity contribution >= 4 is 21.8 Å². The number of nitrogens with two attached hydrogens (primary N) is 1. The zero-order chi connectivity index (χ0) is 10.1. The number of aromatic hydroxyl groups is 1. The second-order valence-corrected chi connectivity index (χ2v) is 3.62. The van der Waals surface area contributed by atoms with Crippen molar-refractivity contribution in [2.24, 2.45) is 0 Å². The lowest BCUT2D eigenvalue weighted by molar-refractivity contribution is 0.436. The van der Waals surface area contributed by atoms with Crippen molar-refractivity contribution in [3.63, 3.8) is 0 Å². The number of anilines is 1. The molecule has 0 saturated carbocycles. The summed E-state index contributed by atoms with van der Waals surface area (Å²) in [7, 11) is 0. The first-order chi connectivity index (χ1) is 6.68. The highest BCUT2D eigenvalue weighted by molar-refractivity contribution is 9.10. The molecule has 72 valence electrons. The first kappa shape index (κ1) is 9.08. The van der Waals surface area contributed by atoms with E-state index in [0.29, 0.717) is 5.56 Å². The number of nitrogen functional groups attached to an aromatic ring is 1. The van der Waals surface area contributed by atoms with Crippen molar-refractivity contribution in [2.45, 2.75) is 0 Å². The number of hydrogen-bond acceptors (Lipinski definition) is 4. The van der Waals surface area contributed by atoms with Gasteiger partial charge < -0.3 is 15.4 Å². The van der Waals surface area contributed by atoms with Crippen molar-refractivity contribution in [3.05, 3.63) is 28.9 Å². The van der Waals surface area contributed by atoms with Crippen LogP contribution in [-0.4, -0.2) is 10.3 Å². The fourth-order valence-corrected chi connectivity index (χ4v) is 1.63. The van der Waals surface area contributed by atoms with Gasteiger partial charge in [0.25, 0.3) is 0 Å². The number of halogens is 1. The number of benzene rings is 1. The lowest BCUT2D eigenvalue weighted by atomic mass is 10.1. The van der Waals surface area contributed by atoms with Gasteiger partial charge in [0.05, 0.1) is 11.8 Å². The minimum Gasteiger partial charge on any atom is -0.508 e. The molecule has 0 spiro atoms. The molecule has 0 fully saturated rings. The van der Waals surface area contributed by atoms with E-state index in [4.69, 9.17) is 10.3 Å². The smallest absolute Gasteiger partial charge is 0.229 e. The van der Waals surface area contributed by atoms with Crippen LogP contribution < -0.4 is 5.73 Å². The molecule has 0 unspecified atom stereocenters. The number of rotatable bonds is 1. The van der Waals surface area contributed by atoms with Gasteiger partial charge in [-0.2, -0.15) is 0 Å². The number of aromatic nitrogens is 1. The fraction of sp³-hybridized carbons (Fsp3) is 0. The average Bonchev–Trinajstić information content (AvgIpc) is 2.56. The van der Waals surface area contributed by atoms with Crippen LogP contribution in [0.15, 0.2) is 33.4 Å². The van der Waals surface area contributed by atoms with Gasteiger partial charge in [0, 0.05) is 10.0 Å². The maximum absolute atomic E-state index is 9.31. The van der Waals surface area contributed by atoms with E-state index in [1.807, 2.05) is 0 Å². The summed E-state index contributed by atoms with van der Waals surface area (Å²) in [6, 6.07) is 4.90. The van der Waals surface area contributed by atoms with Crippen molar-refractivity contribution in [3.8, 4) is 16.9 Å². The minimum absolute atomic E-state index is 0.170. The standard InChI is InChI=1S/C9H7BrN2O2/c10-8-2-1-5(13)3-6(8)7-4-12-14-9(7)11/h1-4,13H,11H2. The van der Waals surface area contributed by atoms with Gasteiger partial charge in [-0.15, -0.1) is 0 Å². The molecular weight excluding hydrogens is 248 g/mol. The van der Waals surface area contributed by atoms with Gasteiger partial charge in [0.15, 0.2) is 0 Å². The molecule has 1 heterocycles. The molecule has 0 atom stereocenters. The first-order valence-electron chi connectivity index (χ1n) is 3.87. The van der Waals surface area contributed by atoms with E-state index in [1.165, 1.54) is 6.20 Å². The third kappa shape index (κ3) is 1.46. The number of phenolic OH excluding ortho intramolecular Hbond substituents is 1. The lowest BCUT2D eigenvalue weighted by Crippen LogP contribution is -1.85. The van der Waals surface area contributed by atoms with E-state index < -0.39 is 0 Å². The van der Waals surface area contributed by atoms with Crippen LogP contribution in [0.25, 0.3) is 11.1 Å². The Morgan fingerprint density at radius 1 is 1.36 bits per heavy atom. The Kier molecular flexibility index (Phi) is 2.17. The SMILES string of the molecule is Nc1oncc1-c1cc(O)ccc1Br. The number of phenols is 1. The third-order valence-electron chi connectivity index (χ3n) is 1.84. The normalized spacial score (nSPS) is 10.4. The van der Waals surface area contributed by atoms with Crippen LogP contribution in [0, 0.1) is 0 Å². The van der Waals surface area contributed by atoms with E-state index >= 15 is 0 Å². The number of nitrogens with zero attached hydrogens (tertiary/aromatic N) is 1. The summed E-state index contributed by atoms with van der Waals surface area (Å²) < 4.78 is 5.56. The quantitative estimate of drug-likeness (QED) is 0.820. The predicted octanol–water partition coefficient (Wildman–Crippen LogP) is 2.39. The highest BCUT2D eigenvalue weighted by Crippen LogP contribution is 2.34. The molecule has 0 amide bonds. The van der Waals surface area contributed by atoms with Gasteiger partial charge in [0.2, 0.25) is 5.88 Å². The Labute approximate surface area is 88.5 Å². The van der Waals surface area contributed by atoms with Crippen molar-refractivity contribution in [2.75, 3.05) is 5.73 Å². The summed E-state index contributed by atoms with van der Waals surface area (Å²) in [5, 5.41) is 12.9. The molecule has 0 aliphatic rings. The van der Waals surface area contributed by atoms with Crippen molar-refractivity contribution < 1.29 is 9.63 Å². The molecular formula is C9H7BrN2O2. The van der Waals surface area contributed by atoms with Crippen molar-refractivity contribution in [1.82, 2.24) is 5.16 Å². The summed E-state index contributed by atoms with van der Waals surface area (Å²) in [6.07, 6.45) is 1.51. The van der Waals surface area contributed by atoms with Crippen LogP contribution in [-0.2, 0) is 0 Å². The summed E-state index contributed by atoms with van der Waals surface area (Å²) in [6.45, 7) is 0. The predicted molar refractivity (Wildman–Crippen MR) is 55.7 cm³/mol. The summed E-state index contributed by atoms with van der Waals surface area (Å²) in [5.41, 5.74) is 6.97. The van der Waals surface area contributed by atoms with Crippen LogP contribution in [0.3, 0.4) is 0 Å². The van der Waals surface area contributed by atoms with Gasteiger partial charge in [-0.1, -0.05) is 21.1 Å². The average molecular weight is 255 g/mol. The second-order valence-electron chi connectivity index (χ2n) is 2.77. The molecule has 0 aliphatic heterocycles. The molecule has 2 rings (SSSR count). The summed E-state index contributed by atoms with van der Waals surface area (Å²) >= 11 is 3.35. The van der Waals surface area contributed by atoms with Crippen LogP contribution in [0.2, 0.25) is 0 Å². The number of hydrogen-bond donors (Lipinski definition) is 2. The van der Waals surface area contributed by atoms with Crippen LogP contribution in [0.4, 0.5) is 5.88 Å². The minimum atomic E-state index is 0.170. The Hall–Kier alpha value is -1.49. The topological polar surface area (TPSA) is 72.3 Å². The molecule has 1 aromatic carbocycles. The molecule has 4 nitrogen and oxygen atoms in total. The van der Waals surface area contributed by atoms with Crippen LogP contribution >= 0.6 is 15.9 Å². The fourth-order valence-electron chi connectivity index (χ4n) is 1.17. The highest BCUT2D eigenvalue weighted by atomic mass is 79.9. The molecule has 0 saturated heterocycles. The largest absolute Gasteiger partial charge is 0.508 e. The Balaban J connectivity index is 2.62. The molecule has 0 bridgehead atoms. The Bertz CT molecular complexity index is 468. The monoisotopic (exact) mass is 254 g/mol. The molecule has 0 aliphatic carbocycles. The van der Waals surface area contributed by atoms with Gasteiger partial charge in [-0.25, -0.2) is 0 Å². The van der Waals surface area contributed by atoms with E-state index in [0.717, 1.165) is 10.0 Å². The van der Waals surface area contributed by atoms with Gasteiger partial charge in [0.1, 0.15) is 5.75 Å². The van der Waals surface area contributed by atoms with E-state index in [1.54, 1.807) is 18.2 Å². The van der Waals surface area contributed by atoms with E-state index in [-0.39, 0.29) is 11.6 Å². The molecule has 1 aromatic heterocycles. The van der Waals surface area contributed by atoms with Gasteiger partial charge in [-0.3, -0.25) is 0 Å². The maximum Gasteiger partial charge on any atom is 0.229 e. The molecule has 2 aromatic rings. The molecule has 0 radical (unpaired) electrons. The van der Waals surface area contributed by atoms with Crippen LogP contribution in [0.1, 0.15) is 0 Å². The molecule has 5 heteroatoms. The first-order valence-corrected chi connectivity index (χ1v) is 4.67. The second kappa shape index (κ2) is 3.34. The Morgan fingerprint density at radius 3 is 2.79 bits per heavy atom. The van der Waals surface area contributed by atoms with Crippen molar-refractivity contribution in [1.29, 1.82) is 0 Å². The van der Waals surface area contributed by atoms with E-state index in [2.05, 4.69) is 21.1 Å². The lowest BCUT2D eigenvalue weighted by Gasteiger charge is -2.02. The van der Waals surface area contributed by atoms with Gasteiger partial charge in [-0.05, 0) is 18.2 Å². The Morgan fingerprint density at radius 2 is 2.14 bits per heavy atom. The highest BCUT2D eigenvalue weighted by Gasteiger charge is 2.10. The van der Waals surface area contributed by atoms with E-state index in [9.17, 15) is 5.11 Å². The molecule has 14 heavy (non-hydrogen) atoms. The zero-order valence-corrected chi connectivity index (χ0v) is 8.65. The van der Waals surface area contributed by atoms with Gasteiger partial charge >= 0.3 is 0 Å². The summed E-state index contributed by atoms with van der Waals surface area (Å²) in [4.78, 5) is 0. The third-order valence-corrected chi connectivity index (χ3v) is 2.53. The van der Waals surface area contributed by atoms with Crippen LogP contribution in [0.5, 0.6) is 5.75 Å². The maximum atomic E-state index is 9.31. The summed E-state index contributed by atoms with van der Waals surface area (Å²) in [5.74, 6) is 0.403.